The number of ether oxygens (including phenoxy) is 1. The number of nitrogens with two attached hydrogens (primary N) is 1. The molecule has 7 heteroatoms. The van der Waals surface area contributed by atoms with Crippen LogP contribution >= 0.6 is 0 Å². The molecule has 0 bridgehead atoms. The highest BCUT2D eigenvalue weighted by molar-refractivity contribution is 5.16. The fourth-order valence-electron chi connectivity index (χ4n) is 0.765. The summed E-state index contributed by atoms with van der Waals surface area (Å²) in [4.78, 5) is 7.31. The van der Waals surface area contributed by atoms with Crippen LogP contribution in [0.2, 0.25) is 0 Å². The summed E-state index contributed by atoms with van der Waals surface area (Å²) in [6.45, 7) is -1.40. The molecule has 1 rings (SSSR count). The van der Waals surface area contributed by atoms with E-state index < -0.39 is 12.8 Å². The molecule has 0 unspecified atom stereocenters. The van der Waals surface area contributed by atoms with Crippen molar-refractivity contribution >= 4 is 0 Å². The van der Waals surface area contributed by atoms with Gasteiger partial charge in [0, 0.05) is 18.9 Å². The van der Waals surface area contributed by atoms with Gasteiger partial charge in [-0.15, -0.1) is 0 Å². The van der Waals surface area contributed by atoms with Gasteiger partial charge in [-0.1, -0.05) is 0 Å². The lowest BCUT2D eigenvalue weighted by Crippen LogP contribution is -2.20. The van der Waals surface area contributed by atoms with Crippen molar-refractivity contribution in [1.29, 1.82) is 0 Å². The second-order valence-electron chi connectivity index (χ2n) is 2.42. The maximum Gasteiger partial charge on any atom is 0.422 e. The summed E-state index contributed by atoms with van der Waals surface area (Å²) in [7, 11) is 0. The number of hydrogen-bond acceptors (Lipinski definition) is 4. The first-order valence-electron chi connectivity index (χ1n) is 3.72. The van der Waals surface area contributed by atoms with Gasteiger partial charge in [-0.3, -0.25) is 4.98 Å². The normalized spacial score (nSPS) is 11.4. The molecular weight excluding hydrogens is 199 g/mol. The van der Waals surface area contributed by atoms with Crippen LogP contribution in [0.3, 0.4) is 0 Å². The first-order chi connectivity index (χ1) is 6.53. The van der Waals surface area contributed by atoms with Crippen molar-refractivity contribution < 1.29 is 17.9 Å². The van der Waals surface area contributed by atoms with Crippen LogP contribution in [0.15, 0.2) is 12.4 Å². The zero-order valence-electron chi connectivity index (χ0n) is 7.08. The molecule has 0 aliphatic rings. The van der Waals surface area contributed by atoms with E-state index >= 15 is 0 Å². The Morgan fingerprint density at radius 1 is 1.29 bits per heavy atom. The fraction of sp³-hybridized carbons (Fsp3) is 0.429. The monoisotopic (exact) mass is 207 g/mol. The first kappa shape index (κ1) is 10.7. The Morgan fingerprint density at radius 3 is 2.50 bits per heavy atom. The molecule has 1 aromatic heterocycles. The minimum Gasteiger partial charge on any atom is -0.467 e. The predicted octanol–water partition coefficient (Wildman–Crippen LogP) is 0.876. The van der Waals surface area contributed by atoms with Gasteiger partial charge in [0.1, 0.15) is 5.69 Å². The summed E-state index contributed by atoms with van der Waals surface area (Å²) in [5.74, 6) is -0.174. The highest BCUT2D eigenvalue weighted by Gasteiger charge is 2.29. The third kappa shape index (κ3) is 3.17. The van der Waals surface area contributed by atoms with E-state index in [-0.39, 0.29) is 18.1 Å². The summed E-state index contributed by atoms with van der Waals surface area (Å²) in [6.07, 6.45) is -1.81. The Balaban J connectivity index is 2.67. The maximum absolute atomic E-state index is 11.8. The third-order valence-corrected chi connectivity index (χ3v) is 1.30. The number of aromatic nitrogens is 2. The number of nitrogens with zero attached hydrogens (tertiary/aromatic N) is 2. The smallest absolute Gasteiger partial charge is 0.422 e. The summed E-state index contributed by atoms with van der Waals surface area (Å²) in [6, 6.07) is 0. The topological polar surface area (TPSA) is 61.0 Å². The van der Waals surface area contributed by atoms with Crippen molar-refractivity contribution in [3.63, 3.8) is 0 Å². The van der Waals surface area contributed by atoms with Crippen molar-refractivity contribution in [2.45, 2.75) is 12.7 Å². The lowest BCUT2D eigenvalue weighted by Gasteiger charge is -2.09. The van der Waals surface area contributed by atoms with E-state index in [4.69, 9.17) is 5.73 Å². The Labute approximate surface area is 77.9 Å². The van der Waals surface area contributed by atoms with Crippen LogP contribution in [0, 0.1) is 0 Å². The van der Waals surface area contributed by atoms with Gasteiger partial charge in [0.2, 0.25) is 5.88 Å². The second-order valence-corrected chi connectivity index (χ2v) is 2.42. The highest BCUT2D eigenvalue weighted by atomic mass is 19.4. The second kappa shape index (κ2) is 4.23. The highest BCUT2D eigenvalue weighted by Crippen LogP contribution is 2.18. The Hall–Kier alpha value is -1.37. The molecule has 0 radical (unpaired) electrons. The minimum absolute atomic E-state index is 0.0129. The molecule has 1 aromatic rings. The van der Waals surface area contributed by atoms with Crippen LogP contribution in [0.5, 0.6) is 5.88 Å². The summed E-state index contributed by atoms with van der Waals surface area (Å²) in [5, 5.41) is 0. The van der Waals surface area contributed by atoms with E-state index in [1.165, 1.54) is 12.4 Å². The van der Waals surface area contributed by atoms with Crippen molar-refractivity contribution in [3.05, 3.63) is 18.1 Å². The van der Waals surface area contributed by atoms with E-state index in [0.29, 0.717) is 0 Å². The quantitative estimate of drug-likeness (QED) is 0.799. The van der Waals surface area contributed by atoms with E-state index in [0.717, 1.165) is 0 Å². The SMILES string of the molecule is NCc1nccnc1OCC(F)(F)F. The van der Waals surface area contributed by atoms with Gasteiger partial charge in [-0.25, -0.2) is 4.98 Å². The van der Waals surface area contributed by atoms with Crippen LogP contribution in [0.1, 0.15) is 5.69 Å². The molecule has 14 heavy (non-hydrogen) atoms. The van der Waals surface area contributed by atoms with Gasteiger partial charge in [0.05, 0.1) is 0 Å². The zero-order chi connectivity index (χ0) is 10.6. The lowest BCUT2D eigenvalue weighted by molar-refractivity contribution is -0.154. The largest absolute Gasteiger partial charge is 0.467 e. The molecule has 4 nitrogen and oxygen atoms in total. The molecule has 0 aliphatic carbocycles. The molecule has 2 N–H and O–H groups in total. The molecule has 0 amide bonds. The van der Waals surface area contributed by atoms with E-state index in [2.05, 4.69) is 14.7 Å². The van der Waals surface area contributed by atoms with Crippen molar-refractivity contribution in [2.75, 3.05) is 6.61 Å². The number of halogens is 3. The van der Waals surface area contributed by atoms with Gasteiger partial charge in [0.15, 0.2) is 6.61 Å². The average molecular weight is 207 g/mol. The lowest BCUT2D eigenvalue weighted by atomic mass is 10.4. The van der Waals surface area contributed by atoms with Crippen molar-refractivity contribution in [3.8, 4) is 5.88 Å². The van der Waals surface area contributed by atoms with Gasteiger partial charge in [-0.2, -0.15) is 13.2 Å². The van der Waals surface area contributed by atoms with Crippen LogP contribution < -0.4 is 10.5 Å². The summed E-state index contributed by atoms with van der Waals surface area (Å²) in [5.41, 5.74) is 5.43. The molecule has 0 saturated carbocycles. The molecule has 0 aromatic carbocycles. The molecule has 1 heterocycles. The molecular formula is C7H8F3N3O. The Morgan fingerprint density at radius 2 is 1.93 bits per heavy atom. The Kier molecular flexibility index (Phi) is 3.23. The zero-order valence-corrected chi connectivity index (χ0v) is 7.08. The predicted molar refractivity (Wildman–Crippen MR) is 41.5 cm³/mol. The van der Waals surface area contributed by atoms with E-state index in [1.54, 1.807) is 0 Å². The van der Waals surface area contributed by atoms with Gasteiger partial charge in [0.25, 0.3) is 0 Å². The van der Waals surface area contributed by atoms with Gasteiger partial charge in [-0.05, 0) is 0 Å². The fourth-order valence-corrected chi connectivity index (χ4v) is 0.765. The van der Waals surface area contributed by atoms with Crippen LogP contribution in [0.4, 0.5) is 13.2 Å². The molecule has 0 aliphatic heterocycles. The first-order valence-corrected chi connectivity index (χ1v) is 3.72. The minimum atomic E-state index is -4.39. The maximum atomic E-state index is 11.8. The standard InChI is InChI=1S/C7H8F3N3O/c8-7(9,10)4-14-6-5(3-11)12-1-2-13-6/h1-2H,3-4,11H2. The molecule has 0 spiro atoms. The van der Waals surface area contributed by atoms with Crippen LogP contribution in [-0.4, -0.2) is 22.8 Å². The molecule has 0 atom stereocenters. The third-order valence-electron chi connectivity index (χ3n) is 1.30. The van der Waals surface area contributed by atoms with Crippen LogP contribution in [0.25, 0.3) is 0 Å². The van der Waals surface area contributed by atoms with Crippen molar-refractivity contribution in [1.82, 2.24) is 9.97 Å². The number of rotatable bonds is 3. The number of alkyl halides is 3. The van der Waals surface area contributed by atoms with Crippen molar-refractivity contribution in [2.24, 2.45) is 5.73 Å². The number of hydrogen-bond donors (Lipinski definition) is 1. The van der Waals surface area contributed by atoms with E-state index in [9.17, 15) is 13.2 Å². The average Bonchev–Trinajstić information content (AvgIpc) is 2.14. The van der Waals surface area contributed by atoms with Gasteiger partial charge < -0.3 is 10.5 Å². The summed E-state index contributed by atoms with van der Waals surface area (Å²) >= 11 is 0. The molecule has 78 valence electrons. The molecule has 0 saturated heterocycles. The summed E-state index contributed by atoms with van der Waals surface area (Å²) < 4.78 is 39.7. The van der Waals surface area contributed by atoms with Gasteiger partial charge >= 0.3 is 6.18 Å². The van der Waals surface area contributed by atoms with Crippen LogP contribution in [-0.2, 0) is 6.54 Å². The van der Waals surface area contributed by atoms with E-state index in [1.807, 2.05) is 0 Å². The molecule has 0 fully saturated rings. The Bertz CT molecular complexity index is 302.